The first-order chi connectivity index (χ1) is 23.4. The molecule has 3 aromatic rings. The molecule has 0 spiro atoms. The zero-order chi connectivity index (χ0) is 35.1. The number of hydrogen-bond donors (Lipinski definition) is 8. The molecule has 10 N–H and O–H groups in total. The average molecular weight is 695 g/mol. The van der Waals surface area contributed by atoms with Crippen molar-refractivity contribution in [3.05, 3.63) is 78.6 Å². The minimum absolute atomic E-state index is 0.0644. The Bertz CT molecular complexity index is 1880. The van der Waals surface area contributed by atoms with Gasteiger partial charge in [-0.15, -0.1) is 0 Å². The summed E-state index contributed by atoms with van der Waals surface area (Å²) >= 11 is 0. The van der Waals surface area contributed by atoms with Crippen molar-refractivity contribution in [2.45, 2.75) is 73.6 Å². The Balaban J connectivity index is 1.20. The summed E-state index contributed by atoms with van der Waals surface area (Å²) in [6, 6.07) is 3.64. The number of aliphatic hydroxyl groups is 5. The molecule has 0 radical (unpaired) electrons. The predicted molar refractivity (Wildman–Crippen MR) is 159 cm³/mol. The highest BCUT2D eigenvalue weighted by Gasteiger charge is 2.51. The molecule has 0 aliphatic carbocycles. The summed E-state index contributed by atoms with van der Waals surface area (Å²) in [5, 5.41) is 53.6. The standard InChI is InChI=1S/C27H34N8O14/c28-13-1-4-33(25(42)30-13)22-17(39)16(38)11(48-22)8-45-21-12(49-24(19(21)41)34-5-2-14(29)31-26(34)43)9-46-20-10(7-36)47-23(18(20)40)35-6-3-15(37)32-27(35)44/h1-6,10-12,16-24,36,38-41H,7-9H2,(H2,28,30,42)(H2,29,31,43)(H,32,37,44)/t10-,11-,12-,16-,17-,18-,19-,20-,21-,22-,23-,24-/m1/s1. The fourth-order valence-electron chi connectivity index (χ4n) is 5.97. The van der Waals surface area contributed by atoms with Crippen LogP contribution in [0, 0.1) is 0 Å². The van der Waals surface area contributed by atoms with Crippen LogP contribution in [0.25, 0.3) is 0 Å². The summed E-state index contributed by atoms with van der Waals surface area (Å²) in [5.41, 5.74) is 7.87. The van der Waals surface area contributed by atoms with Crippen molar-refractivity contribution >= 4 is 11.6 Å². The lowest BCUT2D eigenvalue weighted by atomic mass is 10.1. The third-order valence-electron chi connectivity index (χ3n) is 8.42. The number of H-pyrrole nitrogens is 1. The molecule has 0 saturated carbocycles. The lowest BCUT2D eigenvalue weighted by Crippen LogP contribution is -2.44. The highest BCUT2D eigenvalue weighted by atomic mass is 16.6. The van der Waals surface area contributed by atoms with E-state index in [0.717, 1.165) is 26.0 Å². The van der Waals surface area contributed by atoms with Gasteiger partial charge in [0.2, 0.25) is 0 Å². The predicted octanol–water partition coefficient (Wildman–Crippen LogP) is -5.89. The average Bonchev–Trinajstić information content (AvgIpc) is 3.64. The Labute approximate surface area is 273 Å². The number of ether oxygens (including phenoxy) is 5. The van der Waals surface area contributed by atoms with Crippen LogP contribution in [0.2, 0.25) is 0 Å². The van der Waals surface area contributed by atoms with Gasteiger partial charge in [-0.25, -0.2) is 14.4 Å². The largest absolute Gasteiger partial charge is 0.394 e. The molecule has 0 amide bonds. The summed E-state index contributed by atoms with van der Waals surface area (Å²) < 4.78 is 32.0. The maximum atomic E-state index is 12.6. The van der Waals surface area contributed by atoms with Crippen LogP contribution in [0.4, 0.5) is 11.6 Å². The van der Waals surface area contributed by atoms with E-state index in [9.17, 15) is 44.7 Å². The molecule has 3 aliphatic heterocycles. The molecule has 3 saturated heterocycles. The summed E-state index contributed by atoms with van der Waals surface area (Å²) in [4.78, 5) is 58.1. The Kier molecular flexibility index (Phi) is 9.76. The van der Waals surface area contributed by atoms with Crippen LogP contribution >= 0.6 is 0 Å². The quantitative estimate of drug-likeness (QED) is 0.0979. The first kappa shape index (κ1) is 34.5. The van der Waals surface area contributed by atoms with Crippen molar-refractivity contribution in [3.63, 3.8) is 0 Å². The topological polar surface area (TPSA) is 324 Å². The first-order valence-electron chi connectivity index (χ1n) is 14.9. The molecule has 6 heterocycles. The molecule has 0 bridgehead atoms. The van der Waals surface area contributed by atoms with E-state index in [1.165, 1.54) is 24.5 Å². The van der Waals surface area contributed by atoms with E-state index in [0.29, 0.717) is 0 Å². The Morgan fingerprint density at radius 3 is 1.69 bits per heavy atom. The SMILES string of the molecule is Nc1ccn([C@@H]2O[C@H](CO[C@H]3[C@@H](O)[C@H](n4ccc(N)nc4=O)O[C@@H]3CO[C@H]3[C@@H](O)[C@H](n4ccc(=O)[nH]c4=O)O[C@@H]3CO)[C@@H](O)[C@H]2O)c(=O)n1. The van der Waals surface area contributed by atoms with Crippen LogP contribution in [0.3, 0.4) is 0 Å². The fourth-order valence-corrected chi connectivity index (χ4v) is 5.97. The molecule has 49 heavy (non-hydrogen) atoms. The van der Waals surface area contributed by atoms with Crippen LogP contribution in [-0.4, -0.2) is 129 Å². The van der Waals surface area contributed by atoms with Crippen molar-refractivity contribution in [1.29, 1.82) is 0 Å². The number of nitrogen functional groups attached to an aromatic ring is 2. The number of nitrogens with zero attached hydrogens (tertiary/aromatic N) is 5. The highest BCUT2D eigenvalue weighted by molar-refractivity contribution is 5.24. The van der Waals surface area contributed by atoms with Gasteiger partial charge in [0.15, 0.2) is 18.7 Å². The van der Waals surface area contributed by atoms with Gasteiger partial charge in [-0.3, -0.25) is 23.5 Å². The van der Waals surface area contributed by atoms with Crippen molar-refractivity contribution in [2.24, 2.45) is 0 Å². The second kappa shape index (κ2) is 13.9. The zero-order valence-corrected chi connectivity index (χ0v) is 25.3. The van der Waals surface area contributed by atoms with Crippen LogP contribution < -0.4 is 34.1 Å². The third kappa shape index (κ3) is 6.65. The fraction of sp³-hybridized carbons (Fsp3) is 0.556. The van der Waals surface area contributed by atoms with E-state index in [1.807, 2.05) is 4.98 Å². The molecule has 3 aliphatic rings. The highest BCUT2D eigenvalue weighted by Crippen LogP contribution is 2.35. The summed E-state index contributed by atoms with van der Waals surface area (Å²) in [7, 11) is 0. The van der Waals surface area contributed by atoms with E-state index in [4.69, 9.17) is 35.2 Å². The summed E-state index contributed by atoms with van der Waals surface area (Å²) in [6.07, 6.45) is -13.0. The van der Waals surface area contributed by atoms with Crippen molar-refractivity contribution < 1.29 is 49.2 Å². The molecular formula is C27H34N8O14. The number of aromatic nitrogens is 6. The maximum absolute atomic E-state index is 12.6. The van der Waals surface area contributed by atoms with E-state index in [-0.39, 0.29) is 11.6 Å². The number of anilines is 2. The smallest absolute Gasteiger partial charge is 0.351 e. The minimum Gasteiger partial charge on any atom is -0.394 e. The normalized spacial score (nSPS) is 34.5. The molecule has 22 heteroatoms. The van der Waals surface area contributed by atoms with Gasteiger partial charge in [0.1, 0.15) is 66.6 Å². The number of rotatable bonds is 10. The Morgan fingerprint density at radius 2 is 1.14 bits per heavy atom. The van der Waals surface area contributed by atoms with Crippen LogP contribution in [0.5, 0.6) is 0 Å². The van der Waals surface area contributed by atoms with Crippen molar-refractivity contribution in [3.8, 4) is 0 Å². The van der Waals surface area contributed by atoms with Crippen LogP contribution in [-0.2, 0) is 23.7 Å². The second-order valence-electron chi connectivity index (χ2n) is 11.5. The van der Waals surface area contributed by atoms with Gasteiger partial charge in [-0.05, 0) is 12.1 Å². The molecular weight excluding hydrogens is 660 g/mol. The second-order valence-corrected chi connectivity index (χ2v) is 11.5. The van der Waals surface area contributed by atoms with Crippen molar-refractivity contribution in [1.82, 2.24) is 28.7 Å². The molecule has 6 rings (SSSR count). The van der Waals surface area contributed by atoms with E-state index in [1.54, 1.807) is 0 Å². The molecule has 0 unspecified atom stereocenters. The molecule has 0 aromatic carbocycles. The molecule has 266 valence electrons. The number of nitrogens with two attached hydrogens (primary N) is 2. The first-order valence-corrected chi connectivity index (χ1v) is 14.9. The lowest BCUT2D eigenvalue weighted by Gasteiger charge is -2.26. The molecule has 22 nitrogen and oxygen atoms in total. The zero-order valence-electron chi connectivity index (χ0n) is 25.3. The number of aliphatic hydroxyl groups excluding tert-OH is 5. The monoisotopic (exact) mass is 694 g/mol. The van der Waals surface area contributed by atoms with Crippen LogP contribution in [0.15, 0.2) is 56.0 Å². The van der Waals surface area contributed by atoms with Crippen molar-refractivity contribution in [2.75, 3.05) is 31.3 Å². The maximum Gasteiger partial charge on any atom is 0.351 e. The van der Waals surface area contributed by atoms with Gasteiger partial charge in [-0.2, -0.15) is 9.97 Å². The van der Waals surface area contributed by atoms with Gasteiger partial charge < -0.3 is 60.7 Å². The summed E-state index contributed by atoms with van der Waals surface area (Å²) in [5.74, 6) is -0.149. The third-order valence-corrected chi connectivity index (χ3v) is 8.42. The van der Waals surface area contributed by atoms with Gasteiger partial charge in [0, 0.05) is 24.7 Å². The van der Waals surface area contributed by atoms with E-state index < -0.39 is 116 Å². The molecule has 12 atom stereocenters. The van der Waals surface area contributed by atoms with Gasteiger partial charge >= 0.3 is 17.1 Å². The molecule has 3 aromatic heterocycles. The number of nitrogens with one attached hydrogen (secondary N) is 1. The molecule has 3 fully saturated rings. The number of aromatic amines is 1. The summed E-state index contributed by atoms with van der Waals surface area (Å²) in [6.45, 7) is -1.57. The minimum atomic E-state index is -1.59. The Hall–Kier alpha value is -4.36. The van der Waals surface area contributed by atoms with Gasteiger partial charge in [0.25, 0.3) is 5.56 Å². The Morgan fingerprint density at radius 1 is 0.673 bits per heavy atom. The van der Waals surface area contributed by atoms with Gasteiger partial charge in [-0.1, -0.05) is 0 Å². The van der Waals surface area contributed by atoms with Crippen LogP contribution in [0.1, 0.15) is 18.7 Å². The lowest BCUT2D eigenvalue weighted by molar-refractivity contribution is -0.132. The van der Waals surface area contributed by atoms with Gasteiger partial charge in [0.05, 0.1) is 19.8 Å². The van der Waals surface area contributed by atoms with E-state index >= 15 is 0 Å². The van der Waals surface area contributed by atoms with E-state index in [2.05, 4.69) is 9.97 Å². The number of hydrogen-bond acceptors (Lipinski definition) is 18.